The molecule has 0 fully saturated rings. The topological polar surface area (TPSA) is 64.6 Å². The van der Waals surface area contributed by atoms with Crippen molar-refractivity contribution in [1.29, 1.82) is 0 Å². The van der Waals surface area contributed by atoms with E-state index in [4.69, 9.17) is 0 Å². The van der Waals surface area contributed by atoms with Gasteiger partial charge in [-0.05, 0) is 7.05 Å². The van der Waals surface area contributed by atoms with Crippen LogP contribution in [0.15, 0.2) is 12.7 Å². The van der Waals surface area contributed by atoms with Gasteiger partial charge in [0.15, 0.2) is 0 Å². The number of methoxy groups -OCH3 is 2. The van der Waals surface area contributed by atoms with Crippen molar-refractivity contribution in [3.63, 3.8) is 0 Å². The summed E-state index contributed by atoms with van der Waals surface area (Å²) in [6, 6.07) is 0. The summed E-state index contributed by atoms with van der Waals surface area (Å²) in [5.74, 6) is -0.561. The SMILES string of the molecule is C=CC(=O)OC.CNCCC(=O)OC. The lowest BCUT2D eigenvalue weighted by Gasteiger charge is -1.95. The zero-order valence-electron chi connectivity index (χ0n) is 8.83. The summed E-state index contributed by atoms with van der Waals surface area (Å²) in [7, 11) is 4.49. The monoisotopic (exact) mass is 203 g/mol. The van der Waals surface area contributed by atoms with E-state index in [1.54, 1.807) is 7.05 Å². The van der Waals surface area contributed by atoms with Crippen LogP contribution in [0.25, 0.3) is 0 Å². The zero-order chi connectivity index (χ0) is 11.4. The van der Waals surface area contributed by atoms with Crippen LogP contribution in [0.5, 0.6) is 0 Å². The summed E-state index contributed by atoms with van der Waals surface area (Å²) in [4.78, 5) is 20.1. The molecule has 0 aromatic heterocycles. The minimum Gasteiger partial charge on any atom is -0.469 e. The third-order valence-corrected chi connectivity index (χ3v) is 1.17. The Morgan fingerprint density at radius 2 is 1.93 bits per heavy atom. The number of carbonyl (C=O) groups excluding carboxylic acids is 2. The van der Waals surface area contributed by atoms with E-state index in [9.17, 15) is 9.59 Å². The molecule has 0 aliphatic rings. The largest absolute Gasteiger partial charge is 0.469 e. The van der Waals surface area contributed by atoms with Gasteiger partial charge in [-0.2, -0.15) is 0 Å². The maximum atomic E-state index is 10.3. The second-order valence-corrected chi connectivity index (χ2v) is 2.16. The Morgan fingerprint density at radius 3 is 2.14 bits per heavy atom. The maximum Gasteiger partial charge on any atom is 0.329 e. The molecular formula is C9H17NO4. The van der Waals surface area contributed by atoms with Crippen molar-refractivity contribution in [3.8, 4) is 0 Å². The van der Waals surface area contributed by atoms with Crippen molar-refractivity contribution in [2.24, 2.45) is 0 Å². The third-order valence-electron chi connectivity index (χ3n) is 1.17. The lowest BCUT2D eigenvalue weighted by Crippen LogP contribution is -2.13. The summed E-state index contributed by atoms with van der Waals surface area (Å²) in [6.45, 7) is 3.84. The molecule has 0 rings (SSSR count). The van der Waals surface area contributed by atoms with E-state index in [1.165, 1.54) is 14.2 Å². The van der Waals surface area contributed by atoms with Crippen LogP contribution in [0.3, 0.4) is 0 Å². The van der Waals surface area contributed by atoms with Crippen molar-refractivity contribution in [2.75, 3.05) is 27.8 Å². The number of nitrogens with one attached hydrogen (secondary N) is 1. The van der Waals surface area contributed by atoms with Crippen LogP contribution < -0.4 is 5.32 Å². The zero-order valence-corrected chi connectivity index (χ0v) is 8.83. The fourth-order valence-corrected chi connectivity index (χ4v) is 0.412. The molecule has 0 aromatic rings. The van der Waals surface area contributed by atoms with Crippen molar-refractivity contribution in [1.82, 2.24) is 5.32 Å². The van der Waals surface area contributed by atoms with Gasteiger partial charge in [-0.3, -0.25) is 4.79 Å². The van der Waals surface area contributed by atoms with Crippen LogP contribution in [0.4, 0.5) is 0 Å². The molecule has 0 aliphatic carbocycles. The molecule has 0 aliphatic heterocycles. The molecule has 5 nitrogen and oxygen atoms in total. The van der Waals surface area contributed by atoms with Gasteiger partial charge in [0.05, 0.1) is 20.6 Å². The molecule has 1 N–H and O–H groups in total. The highest BCUT2D eigenvalue weighted by atomic mass is 16.5. The Hall–Kier alpha value is -1.36. The number of rotatable bonds is 4. The molecule has 0 heterocycles. The number of hydrogen-bond donors (Lipinski definition) is 1. The highest BCUT2D eigenvalue weighted by Crippen LogP contribution is 1.78. The Labute approximate surface area is 84.1 Å². The average molecular weight is 203 g/mol. The Balaban J connectivity index is 0. The van der Waals surface area contributed by atoms with Gasteiger partial charge in [-0.25, -0.2) is 4.79 Å². The van der Waals surface area contributed by atoms with Crippen LogP contribution in [0.1, 0.15) is 6.42 Å². The highest BCUT2D eigenvalue weighted by Gasteiger charge is 1.94. The first-order valence-electron chi connectivity index (χ1n) is 4.04. The standard InChI is InChI=1S/C5H11NO2.C4H6O2/c1-6-4-3-5(7)8-2;1-3-4(5)6-2/h6H,3-4H2,1-2H3;3H,1H2,2H3. The van der Waals surface area contributed by atoms with Crippen LogP contribution in [-0.4, -0.2) is 39.8 Å². The molecule has 0 aromatic carbocycles. The molecule has 0 amide bonds. The molecule has 0 saturated heterocycles. The summed E-state index contributed by atoms with van der Waals surface area (Å²) >= 11 is 0. The summed E-state index contributed by atoms with van der Waals surface area (Å²) in [6.07, 6.45) is 1.56. The third kappa shape index (κ3) is 13.2. The molecule has 0 atom stereocenters. The molecular weight excluding hydrogens is 186 g/mol. The van der Waals surface area contributed by atoms with Crippen molar-refractivity contribution in [2.45, 2.75) is 6.42 Å². The minimum absolute atomic E-state index is 0.167. The first kappa shape index (κ1) is 15.1. The second-order valence-electron chi connectivity index (χ2n) is 2.16. The van der Waals surface area contributed by atoms with Gasteiger partial charge >= 0.3 is 11.9 Å². The Kier molecular flexibility index (Phi) is 12.6. The summed E-state index contributed by atoms with van der Waals surface area (Å²) < 4.78 is 8.52. The first-order chi connectivity index (χ1) is 6.62. The van der Waals surface area contributed by atoms with E-state index >= 15 is 0 Å². The fourth-order valence-electron chi connectivity index (χ4n) is 0.412. The van der Waals surface area contributed by atoms with Gasteiger partial charge in [0, 0.05) is 12.6 Å². The van der Waals surface area contributed by atoms with Crippen LogP contribution >= 0.6 is 0 Å². The summed E-state index contributed by atoms with van der Waals surface area (Å²) in [5, 5.41) is 2.83. The van der Waals surface area contributed by atoms with Crippen molar-refractivity contribution >= 4 is 11.9 Å². The molecule has 5 heteroatoms. The number of esters is 2. The molecule has 0 radical (unpaired) electrons. The minimum atomic E-state index is -0.394. The van der Waals surface area contributed by atoms with E-state index in [0.29, 0.717) is 13.0 Å². The highest BCUT2D eigenvalue weighted by molar-refractivity contribution is 5.80. The summed E-state index contributed by atoms with van der Waals surface area (Å²) in [5.41, 5.74) is 0. The van der Waals surface area contributed by atoms with E-state index in [1.807, 2.05) is 0 Å². The predicted molar refractivity (Wildman–Crippen MR) is 52.8 cm³/mol. The van der Waals surface area contributed by atoms with Gasteiger partial charge in [-0.15, -0.1) is 0 Å². The van der Waals surface area contributed by atoms with Gasteiger partial charge in [0.1, 0.15) is 0 Å². The molecule has 0 spiro atoms. The Morgan fingerprint density at radius 1 is 1.36 bits per heavy atom. The number of carbonyl (C=O) groups is 2. The average Bonchev–Trinajstić information content (AvgIpc) is 2.25. The fraction of sp³-hybridized carbons (Fsp3) is 0.556. The molecule has 0 unspecified atom stereocenters. The van der Waals surface area contributed by atoms with E-state index < -0.39 is 5.97 Å². The van der Waals surface area contributed by atoms with E-state index in [0.717, 1.165) is 6.08 Å². The van der Waals surface area contributed by atoms with Crippen molar-refractivity contribution in [3.05, 3.63) is 12.7 Å². The van der Waals surface area contributed by atoms with Gasteiger partial charge < -0.3 is 14.8 Å². The van der Waals surface area contributed by atoms with Gasteiger partial charge in [-0.1, -0.05) is 6.58 Å². The predicted octanol–water partition coefficient (Wildman–Crippen LogP) is 0.114. The van der Waals surface area contributed by atoms with Crippen LogP contribution in [0.2, 0.25) is 0 Å². The second kappa shape index (κ2) is 11.6. The lowest BCUT2D eigenvalue weighted by atomic mass is 10.4. The molecule has 0 saturated carbocycles. The first-order valence-corrected chi connectivity index (χ1v) is 4.04. The quantitative estimate of drug-likeness (QED) is 0.519. The Bertz CT molecular complexity index is 180. The normalized spacial score (nSPS) is 7.93. The van der Waals surface area contributed by atoms with Gasteiger partial charge in [0.25, 0.3) is 0 Å². The van der Waals surface area contributed by atoms with E-state index in [2.05, 4.69) is 21.4 Å². The number of hydrogen-bond acceptors (Lipinski definition) is 5. The lowest BCUT2D eigenvalue weighted by molar-refractivity contribution is -0.140. The van der Waals surface area contributed by atoms with Gasteiger partial charge in [0.2, 0.25) is 0 Å². The van der Waals surface area contributed by atoms with E-state index in [-0.39, 0.29) is 5.97 Å². The van der Waals surface area contributed by atoms with Crippen molar-refractivity contribution < 1.29 is 19.1 Å². The smallest absolute Gasteiger partial charge is 0.329 e. The maximum absolute atomic E-state index is 10.3. The molecule has 14 heavy (non-hydrogen) atoms. The number of ether oxygens (including phenoxy) is 2. The van der Waals surface area contributed by atoms with Crippen LogP contribution in [0, 0.1) is 0 Å². The molecule has 82 valence electrons. The molecule has 0 bridgehead atoms. The van der Waals surface area contributed by atoms with Crippen LogP contribution in [-0.2, 0) is 19.1 Å².